The van der Waals surface area contributed by atoms with Crippen LogP contribution in [0.5, 0.6) is 0 Å². The molecule has 0 saturated carbocycles. The van der Waals surface area contributed by atoms with Crippen molar-refractivity contribution in [2.75, 3.05) is 92.7 Å². The van der Waals surface area contributed by atoms with Crippen LogP contribution < -0.4 is 5.32 Å². The predicted octanol–water partition coefficient (Wildman–Crippen LogP) is 1.94. The van der Waals surface area contributed by atoms with Crippen LogP contribution in [-0.4, -0.2) is 138 Å². The molecule has 14 heteroatoms. The summed E-state index contributed by atoms with van der Waals surface area (Å²) in [4.78, 5) is 61.7. The molecule has 0 saturated heterocycles. The number of hydrogen-bond acceptors (Lipinski definition) is 10. The van der Waals surface area contributed by atoms with Gasteiger partial charge in [-0.05, 0) is 22.3 Å². The van der Waals surface area contributed by atoms with Crippen LogP contribution in [0.1, 0.15) is 29.9 Å². The standard InChI is InChI=1S/C34H45N3O11/c1-36(14-19-46-21-23-47-22-20-45-17-11-33(41)42)32(40)24-37(13-15-38)31(39)10-16-44-18-12-35-34(43)48-25-30-28-8-4-2-6-26(28)27-7-3-5-9-29(27)30/h2-9,15,30H,10-14,16-25H2,1H3,(H,35,43)(H,41,42). The van der Waals surface area contributed by atoms with Gasteiger partial charge in [0.1, 0.15) is 19.4 Å². The fourth-order valence-electron chi connectivity index (χ4n) is 4.95. The summed E-state index contributed by atoms with van der Waals surface area (Å²) >= 11 is 0. The molecule has 1 aliphatic rings. The van der Waals surface area contributed by atoms with Crippen molar-refractivity contribution in [1.29, 1.82) is 0 Å². The summed E-state index contributed by atoms with van der Waals surface area (Å²) in [6, 6.07) is 16.2. The maximum Gasteiger partial charge on any atom is 0.407 e. The van der Waals surface area contributed by atoms with E-state index in [0.717, 1.165) is 27.2 Å². The van der Waals surface area contributed by atoms with Gasteiger partial charge in [0, 0.05) is 26.1 Å². The number of carboxylic acid groups (broad SMARTS) is 1. The Morgan fingerprint density at radius 3 is 1.96 bits per heavy atom. The predicted molar refractivity (Wildman–Crippen MR) is 173 cm³/mol. The van der Waals surface area contributed by atoms with E-state index in [1.165, 1.54) is 4.90 Å². The topological polar surface area (TPSA) is 170 Å². The number of carboxylic acids is 1. The molecule has 14 nitrogen and oxygen atoms in total. The van der Waals surface area contributed by atoms with E-state index in [1.807, 2.05) is 36.4 Å². The molecule has 0 atom stereocenters. The van der Waals surface area contributed by atoms with Crippen LogP contribution in [0, 0.1) is 0 Å². The second-order valence-corrected chi connectivity index (χ2v) is 10.9. The van der Waals surface area contributed by atoms with E-state index in [-0.39, 0.29) is 90.5 Å². The molecule has 3 rings (SSSR count). The number of nitrogens with zero attached hydrogens (tertiary/aromatic N) is 2. The summed E-state index contributed by atoms with van der Waals surface area (Å²) < 4.78 is 26.9. The number of aldehydes is 1. The first-order valence-electron chi connectivity index (χ1n) is 15.9. The fourth-order valence-corrected chi connectivity index (χ4v) is 4.95. The molecule has 0 radical (unpaired) electrons. The maximum atomic E-state index is 12.6. The Labute approximate surface area is 280 Å². The van der Waals surface area contributed by atoms with Crippen LogP contribution in [0.3, 0.4) is 0 Å². The van der Waals surface area contributed by atoms with Crippen molar-refractivity contribution in [3.05, 3.63) is 59.7 Å². The summed E-state index contributed by atoms with van der Waals surface area (Å²) in [6.45, 7) is 1.97. The highest BCUT2D eigenvalue weighted by Crippen LogP contribution is 2.44. The van der Waals surface area contributed by atoms with Crippen molar-refractivity contribution in [2.45, 2.75) is 18.8 Å². The molecule has 3 amide bonds. The van der Waals surface area contributed by atoms with Crippen LogP contribution in [0.2, 0.25) is 0 Å². The molecule has 1 aliphatic carbocycles. The molecule has 0 aliphatic heterocycles. The van der Waals surface area contributed by atoms with E-state index in [1.54, 1.807) is 7.05 Å². The molecule has 2 N–H and O–H groups in total. The van der Waals surface area contributed by atoms with Gasteiger partial charge in [-0.2, -0.15) is 0 Å². The molecule has 0 unspecified atom stereocenters. The van der Waals surface area contributed by atoms with Gasteiger partial charge in [-0.3, -0.25) is 14.4 Å². The molecule has 262 valence electrons. The second-order valence-electron chi connectivity index (χ2n) is 10.9. The molecular formula is C34H45N3O11. The van der Waals surface area contributed by atoms with Crippen LogP contribution in [0.15, 0.2) is 48.5 Å². The highest BCUT2D eigenvalue weighted by molar-refractivity contribution is 5.86. The van der Waals surface area contributed by atoms with Crippen molar-refractivity contribution in [3.8, 4) is 11.1 Å². The zero-order valence-electron chi connectivity index (χ0n) is 27.3. The minimum Gasteiger partial charge on any atom is -0.481 e. The number of likely N-dealkylation sites (N-methyl/N-ethyl adjacent to an activating group) is 1. The lowest BCUT2D eigenvalue weighted by molar-refractivity contribution is -0.141. The van der Waals surface area contributed by atoms with Gasteiger partial charge in [0.15, 0.2) is 0 Å². The zero-order chi connectivity index (χ0) is 34.6. The number of amides is 3. The molecule has 0 aromatic heterocycles. The number of aliphatic carboxylic acids is 1. The van der Waals surface area contributed by atoms with Crippen LogP contribution in [-0.2, 0) is 42.9 Å². The van der Waals surface area contributed by atoms with Gasteiger partial charge in [0.05, 0.1) is 72.2 Å². The third kappa shape index (κ3) is 13.0. The van der Waals surface area contributed by atoms with E-state index >= 15 is 0 Å². The first kappa shape index (κ1) is 38.1. The number of carbonyl (C=O) groups is 5. The van der Waals surface area contributed by atoms with Crippen molar-refractivity contribution in [2.24, 2.45) is 0 Å². The van der Waals surface area contributed by atoms with Crippen LogP contribution in [0.4, 0.5) is 4.79 Å². The number of hydrogen-bond donors (Lipinski definition) is 2. The molecule has 0 bridgehead atoms. The lowest BCUT2D eigenvalue weighted by Gasteiger charge is -2.24. The number of carbonyl (C=O) groups excluding carboxylic acids is 4. The molecular weight excluding hydrogens is 626 g/mol. The van der Waals surface area contributed by atoms with Crippen molar-refractivity contribution in [1.82, 2.24) is 15.1 Å². The van der Waals surface area contributed by atoms with Crippen LogP contribution in [0.25, 0.3) is 11.1 Å². The van der Waals surface area contributed by atoms with Gasteiger partial charge in [-0.15, -0.1) is 0 Å². The lowest BCUT2D eigenvalue weighted by atomic mass is 9.98. The first-order valence-corrected chi connectivity index (χ1v) is 15.9. The molecule has 2 aromatic carbocycles. The van der Waals surface area contributed by atoms with E-state index in [0.29, 0.717) is 26.1 Å². The van der Waals surface area contributed by atoms with Crippen molar-refractivity contribution >= 4 is 30.2 Å². The van der Waals surface area contributed by atoms with E-state index in [9.17, 15) is 24.0 Å². The Balaban J connectivity index is 1.23. The van der Waals surface area contributed by atoms with E-state index < -0.39 is 18.0 Å². The number of ether oxygens (including phenoxy) is 5. The minimum absolute atomic E-state index is 0.0382. The molecule has 0 fully saturated rings. The fraction of sp³-hybridized carbons (Fsp3) is 0.500. The number of alkyl carbamates (subject to hydrolysis) is 1. The van der Waals surface area contributed by atoms with Gasteiger partial charge in [0.2, 0.25) is 11.8 Å². The number of benzene rings is 2. The van der Waals surface area contributed by atoms with Gasteiger partial charge >= 0.3 is 12.1 Å². The normalized spacial score (nSPS) is 11.8. The highest BCUT2D eigenvalue weighted by atomic mass is 16.6. The Morgan fingerprint density at radius 2 is 1.33 bits per heavy atom. The smallest absolute Gasteiger partial charge is 0.407 e. The van der Waals surface area contributed by atoms with Crippen LogP contribution >= 0.6 is 0 Å². The third-order valence-electron chi connectivity index (χ3n) is 7.49. The third-order valence-corrected chi connectivity index (χ3v) is 7.49. The largest absolute Gasteiger partial charge is 0.481 e. The quantitative estimate of drug-likeness (QED) is 0.124. The average molecular weight is 672 g/mol. The minimum atomic E-state index is -0.919. The van der Waals surface area contributed by atoms with E-state index in [2.05, 4.69) is 17.4 Å². The zero-order valence-corrected chi connectivity index (χ0v) is 27.3. The molecule has 48 heavy (non-hydrogen) atoms. The summed E-state index contributed by atoms with van der Waals surface area (Å²) in [6.07, 6.45) is -0.0988. The average Bonchev–Trinajstić information content (AvgIpc) is 3.40. The first-order chi connectivity index (χ1) is 23.3. The summed E-state index contributed by atoms with van der Waals surface area (Å²) in [5.74, 6) is -1.72. The molecule has 2 aromatic rings. The Morgan fingerprint density at radius 1 is 0.771 bits per heavy atom. The summed E-state index contributed by atoms with van der Waals surface area (Å²) in [5, 5.41) is 11.2. The maximum absolute atomic E-state index is 12.6. The Bertz CT molecular complexity index is 1290. The Hall–Kier alpha value is -4.37. The lowest BCUT2D eigenvalue weighted by Crippen LogP contribution is -2.43. The number of fused-ring (bicyclic) bond motifs is 3. The second kappa shape index (κ2) is 21.5. The Kier molecular flexibility index (Phi) is 17.1. The molecule has 0 heterocycles. The number of rotatable bonds is 24. The van der Waals surface area contributed by atoms with E-state index in [4.69, 9.17) is 28.8 Å². The highest BCUT2D eigenvalue weighted by Gasteiger charge is 2.29. The number of nitrogens with one attached hydrogen (secondary N) is 1. The van der Waals surface area contributed by atoms with Gasteiger partial charge < -0.3 is 48.7 Å². The SMILES string of the molecule is CN(CCOCCOCCOCCC(=O)O)C(=O)CN(CC=O)C(=O)CCOCCNC(=O)OCC1c2ccccc2-c2ccccc21. The van der Waals surface area contributed by atoms with Crippen molar-refractivity contribution < 1.29 is 52.8 Å². The monoisotopic (exact) mass is 671 g/mol. The summed E-state index contributed by atoms with van der Waals surface area (Å²) in [5.41, 5.74) is 4.54. The summed E-state index contributed by atoms with van der Waals surface area (Å²) in [7, 11) is 1.58. The van der Waals surface area contributed by atoms with Gasteiger partial charge in [-0.1, -0.05) is 48.5 Å². The van der Waals surface area contributed by atoms with Gasteiger partial charge in [-0.25, -0.2) is 4.79 Å². The molecule has 0 spiro atoms. The van der Waals surface area contributed by atoms with Gasteiger partial charge in [0.25, 0.3) is 0 Å². The van der Waals surface area contributed by atoms with Crippen molar-refractivity contribution in [3.63, 3.8) is 0 Å².